The van der Waals surface area contributed by atoms with Gasteiger partial charge in [0.2, 0.25) is 0 Å². The maximum atomic E-state index is 5.94. The zero-order chi connectivity index (χ0) is 11.1. The molecule has 0 aliphatic heterocycles. The summed E-state index contributed by atoms with van der Waals surface area (Å²) >= 11 is 0. The van der Waals surface area contributed by atoms with Gasteiger partial charge in [0, 0.05) is 24.4 Å². The van der Waals surface area contributed by atoms with Crippen molar-refractivity contribution in [3.63, 3.8) is 0 Å². The largest absolute Gasteiger partial charge is 0.328 e. The standard InChI is InChI=1S/C12H21N3/c1-9(2)12(3,7-13)15-8-14-6-11(15)10-4-5-10/h6,8-10H,4-5,7,13H2,1-3H3. The molecule has 0 saturated heterocycles. The van der Waals surface area contributed by atoms with E-state index in [9.17, 15) is 0 Å². The van der Waals surface area contributed by atoms with Crippen LogP contribution >= 0.6 is 0 Å². The van der Waals surface area contributed by atoms with Gasteiger partial charge >= 0.3 is 0 Å². The summed E-state index contributed by atoms with van der Waals surface area (Å²) in [5, 5.41) is 0. The normalized spacial score (nSPS) is 20.6. The third-order valence-electron chi connectivity index (χ3n) is 3.87. The molecule has 1 atom stereocenters. The smallest absolute Gasteiger partial charge is 0.0953 e. The topological polar surface area (TPSA) is 43.8 Å². The molecule has 0 bridgehead atoms. The van der Waals surface area contributed by atoms with Gasteiger partial charge in [-0.2, -0.15) is 0 Å². The lowest BCUT2D eigenvalue weighted by Crippen LogP contribution is -2.43. The predicted molar refractivity (Wildman–Crippen MR) is 61.7 cm³/mol. The van der Waals surface area contributed by atoms with E-state index in [1.807, 2.05) is 12.5 Å². The molecule has 3 heteroatoms. The Morgan fingerprint density at radius 3 is 2.73 bits per heavy atom. The summed E-state index contributed by atoms with van der Waals surface area (Å²) in [7, 11) is 0. The lowest BCUT2D eigenvalue weighted by atomic mass is 9.88. The molecule has 1 heterocycles. The van der Waals surface area contributed by atoms with Crippen molar-refractivity contribution in [3.05, 3.63) is 18.2 Å². The average Bonchev–Trinajstić information content (AvgIpc) is 2.95. The molecule has 0 radical (unpaired) electrons. The molecule has 84 valence electrons. The number of hydrogen-bond acceptors (Lipinski definition) is 2. The van der Waals surface area contributed by atoms with E-state index in [4.69, 9.17) is 5.73 Å². The molecule has 3 nitrogen and oxygen atoms in total. The van der Waals surface area contributed by atoms with Gasteiger partial charge < -0.3 is 10.3 Å². The predicted octanol–water partition coefficient (Wildman–Crippen LogP) is 2.09. The first-order valence-corrected chi connectivity index (χ1v) is 5.82. The molecule has 0 amide bonds. The van der Waals surface area contributed by atoms with E-state index in [-0.39, 0.29) is 5.54 Å². The number of nitrogens with two attached hydrogens (primary N) is 1. The third kappa shape index (κ3) is 1.69. The van der Waals surface area contributed by atoms with E-state index < -0.39 is 0 Å². The Bertz CT molecular complexity index is 338. The first-order valence-electron chi connectivity index (χ1n) is 5.82. The van der Waals surface area contributed by atoms with Gasteiger partial charge in [-0.25, -0.2) is 4.98 Å². The first-order chi connectivity index (χ1) is 7.09. The van der Waals surface area contributed by atoms with Gasteiger partial charge in [0.05, 0.1) is 11.9 Å². The molecule has 1 fully saturated rings. The second kappa shape index (κ2) is 3.63. The van der Waals surface area contributed by atoms with Gasteiger partial charge in [-0.3, -0.25) is 0 Å². The van der Waals surface area contributed by atoms with Crippen molar-refractivity contribution in [1.29, 1.82) is 0 Å². The highest BCUT2D eigenvalue weighted by molar-refractivity contribution is 5.15. The Labute approximate surface area is 91.7 Å². The molecule has 1 saturated carbocycles. The summed E-state index contributed by atoms with van der Waals surface area (Å²) in [5.74, 6) is 1.26. The van der Waals surface area contributed by atoms with Crippen LogP contribution in [0.1, 0.15) is 45.2 Å². The second-order valence-electron chi connectivity index (χ2n) is 5.18. The van der Waals surface area contributed by atoms with Crippen LogP contribution in [-0.4, -0.2) is 16.1 Å². The van der Waals surface area contributed by atoms with Crippen molar-refractivity contribution in [2.45, 2.75) is 45.1 Å². The van der Waals surface area contributed by atoms with E-state index >= 15 is 0 Å². The van der Waals surface area contributed by atoms with Crippen LogP contribution in [0.25, 0.3) is 0 Å². The summed E-state index contributed by atoms with van der Waals surface area (Å²) in [6, 6.07) is 0. The summed E-state index contributed by atoms with van der Waals surface area (Å²) in [4.78, 5) is 4.29. The van der Waals surface area contributed by atoms with Crippen LogP contribution in [0.3, 0.4) is 0 Å². The van der Waals surface area contributed by atoms with Crippen molar-refractivity contribution in [1.82, 2.24) is 9.55 Å². The highest BCUT2D eigenvalue weighted by Crippen LogP contribution is 2.42. The summed E-state index contributed by atoms with van der Waals surface area (Å²) in [6.07, 6.45) is 6.57. The minimum Gasteiger partial charge on any atom is -0.328 e. The van der Waals surface area contributed by atoms with Gasteiger partial charge in [-0.05, 0) is 25.7 Å². The van der Waals surface area contributed by atoms with Gasteiger partial charge in [0.15, 0.2) is 0 Å². The van der Waals surface area contributed by atoms with Crippen molar-refractivity contribution >= 4 is 0 Å². The van der Waals surface area contributed by atoms with Crippen molar-refractivity contribution in [2.24, 2.45) is 11.7 Å². The fourth-order valence-corrected chi connectivity index (χ4v) is 2.03. The molecule has 1 aliphatic carbocycles. The quantitative estimate of drug-likeness (QED) is 0.821. The molecular formula is C12H21N3. The van der Waals surface area contributed by atoms with E-state index in [2.05, 4.69) is 30.3 Å². The monoisotopic (exact) mass is 207 g/mol. The molecule has 2 N–H and O–H groups in total. The van der Waals surface area contributed by atoms with Crippen molar-refractivity contribution in [3.8, 4) is 0 Å². The summed E-state index contributed by atoms with van der Waals surface area (Å²) in [5.41, 5.74) is 7.32. The second-order valence-corrected chi connectivity index (χ2v) is 5.18. The number of hydrogen-bond donors (Lipinski definition) is 1. The maximum Gasteiger partial charge on any atom is 0.0953 e. The van der Waals surface area contributed by atoms with Crippen LogP contribution in [0, 0.1) is 5.92 Å². The molecule has 2 rings (SSSR count). The SMILES string of the molecule is CC(C)C(C)(CN)n1cncc1C1CC1. The molecule has 1 aromatic rings. The van der Waals surface area contributed by atoms with E-state index in [1.54, 1.807) is 0 Å². The van der Waals surface area contributed by atoms with Crippen molar-refractivity contribution in [2.75, 3.05) is 6.54 Å². The molecule has 1 aromatic heterocycles. The van der Waals surface area contributed by atoms with E-state index in [0.717, 1.165) is 5.92 Å². The van der Waals surface area contributed by atoms with Crippen LogP contribution in [0.15, 0.2) is 12.5 Å². The zero-order valence-electron chi connectivity index (χ0n) is 9.90. The van der Waals surface area contributed by atoms with Gasteiger partial charge in [-0.1, -0.05) is 13.8 Å². The molecule has 1 aliphatic rings. The summed E-state index contributed by atoms with van der Waals surface area (Å²) in [6.45, 7) is 7.35. The number of aromatic nitrogens is 2. The Morgan fingerprint density at radius 2 is 2.27 bits per heavy atom. The lowest BCUT2D eigenvalue weighted by Gasteiger charge is -2.35. The fourth-order valence-electron chi connectivity index (χ4n) is 2.03. The minimum atomic E-state index is 0.00836. The number of imidazole rings is 1. The highest BCUT2D eigenvalue weighted by atomic mass is 15.1. The maximum absolute atomic E-state index is 5.94. The first kappa shape index (κ1) is 10.7. The van der Waals surface area contributed by atoms with Crippen LogP contribution in [0.5, 0.6) is 0 Å². The van der Waals surface area contributed by atoms with E-state index in [0.29, 0.717) is 12.5 Å². The third-order valence-corrected chi connectivity index (χ3v) is 3.87. The van der Waals surface area contributed by atoms with Crippen LogP contribution in [-0.2, 0) is 5.54 Å². The molecule has 15 heavy (non-hydrogen) atoms. The molecule has 0 aromatic carbocycles. The van der Waals surface area contributed by atoms with Crippen LogP contribution in [0.4, 0.5) is 0 Å². The molecular weight excluding hydrogens is 186 g/mol. The molecule has 0 spiro atoms. The Hall–Kier alpha value is -0.830. The Morgan fingerprint density at radius 1 is 1.60 bits per heavy atom. The zero-order valence-corrected chi connectivity index (χ0v) is 9.90. The minimum absolute atomic E-state index is 0.00836. The number of nitrogens with zero attached hydrogens (tertiary/aromatic N) is 2. The van der Waals surface area contributed by atoms with Crippen molar-refractivity contribution < 1.29 is 0 Å². The van der Waals surface area contributed by atoms with Gasteiger partial charge in [-0.15, -0.1) is 0 Å². The lowest BCUT2D eigenvalue weighted by molar-refractivity contribution is 0.225. The highest BCUT2D eigenvalue weighted by Gasteiger charge is 2.35. The molecule has 1 unspecified atom stereocenters. The van der Waals surface area contributed by atoms with Crippen LogP contribution in [0.2, 0.25) is 0 Å². The average molecular weight is 207 g/mol. The van der Waals surface area contributed by atoms with E-state index in [1.165, 1.54) is 18.5 Å². The van der Waals surface area contributed by atoms with Crippen LogP contribution < -0.4 is 5.73 Å². The Kier molecular flexibility index (Phi) is 2.59. The Balaban J connectivity index is 2.37. The number of rotatable bonds is 4. The fraction of sp³-hybridized carbons (Fsp3) is 0.750. The van der Waals surface area contributed by atoms with Gasteiger partial charge in [0.1, 0.15) is 0 Å². The summed E-state index contributed by atoms with van der Waals surface area (Å²) < 4.78 is 2.30. The van der Waals surface area contributed by atoms with Gasteiger partial charge in [0.25, 0.3) is 0 Å².